The molecule has 42 heavy (non-hydrogen) atoms. The Morgan fingerprint density at radius 2 is 1.79 bits per heavy atom. The first kappa shape index (κ1) is 28.5. The second-order valence-electron chi connectivity index (χ2n) is 9.71. The van der Waals surface area contributed by atoms with Crippen molar-refractivity contribution >= 4 is 41.7 Å². The molecule has 6 rings (SSSR count). The summed E-state index contributed by atoms with van der Waals surface area (Å²) in [5, 5.41) is 49.3. The number of fused-ring (bicyclic) bond motifs is 2. The number of aromatic nitrogens is 9. The minimum atomic E-state index is -4.90. The van der Waals surface area contributed by atoms with Gasteiger partial charge in [0.1, 0.15) is 35.8 Å². The van der Waals surface area contributed by atoms with E-state index in [0.717, 1.165) is 4.68 Å². The third-order valence-corrected chi connectivity index (χ3v) is 8.98. The third-order valence-electron chi connectivity index (χ3n) is 7.14. The minimum absolute atomic E-state index is 0.0851. The van der Waals surface area contributed by atoms with Gasteiger partial charge in [0.25, 0.3) is 5.56 Å². The highest BCUT2D eigenvalue weighted by Gasteiger charge is 2.56. The number of aliphatic hydroxyl groups is 4. The van der Waals surface area contributed by atoms with Crippen molar-refractivity contribution in [3.05, 3.63) is 23.0 Å². The van der Waals surface area contributed by atoms with Crippen LogP contribution in [0.2, 0.25) is 0 Å². The van der Waals surface area contributed by atoms with Gasteiger partial charge in [-0.25, -0.2) is 15.0 Å². The zero-order valence-corrected chi connectivity index (χ0v) is 22.2. The highest BCUT2D eigenvalue weighted by Crippen LogP contribution is 2.57. The molecule has 21 nitrogen and oxygen atoms in total. The monoisotopic (exact) mass is 611 g/mol. The van der Waals surface area contributed by atoms with E-state index in [1.54, 1.807) is 0 Å². The Hall–Kier alpha value is -3.66. The zero-order chi connectivity index (χ0) is 29.9. The molecule has 2 fully saturated rings. The van der Waals surface area contributed by atoms with Crippen LogP contribution in [0.4, 0.5) is 11.8 Å². The van der Waals surface area contributed by atoms with E-state index in [4.69, 9.17) is 25.5 Å². The lowest BCUT2D eigenvalue weighted by Crippen LogP contribution is -2.36. The van der Waals surface area contributed by atoms with Crippen LogP contribution < -0.4 is 17.0 Å². The summed E-state index contributed by atoms with van der Waals surface area (Å²) in [5.41, 5.74) is 9.00. The van der Waals surface area contributed by atoms with Crippen molar-refractivity contribution in [1.82, 2.24) is 44.5 Å². The highest BCUT2D eigenvalue weighted by molar-refractivity contribution is 7.53. The van der Waals surface area contributed by atoms with Gasteiger partial charge in [0, 0.05) is 6.61 Å². The molecule has 226 valence electrons. The lowest BCUT2D eigenvalue weighted by Gasteiger charge is -2.26. The van der Waals surface area contributed by atoms with Crippen LogP contribution in [-0.2, 0) is 18.6 Å². The topological polar surface area (TPSA) is 318 Å². The Morgan fingerprint density at radius 1 is 1.02 bits per heavy atom. The van der Waals surface area contributed by atoms with Crippen molar-refractivity contribution in [2.24, 2.45) is 0 Å². The third kappa shape index (κ3) is 4.60. The van der Waals surface area contributed by atoms with E-state index in [-0.39, 0.29) is 40.5 Å². The molecule has 4 aromatic rings. The maximum atomic E-state index is 13.6. The van der Waals surface area contributed by atoms with E-state index >= 15 is 0 Å². The summed E-state index contributed by atoms with van der Waals surface area (Å²) in [5.74, 6) is -0.205. The average molecular weight is 611 g/mol. The molecular formula is C20H26N11O10P. The number of H-pyrrole nitrogens is 1. The van der Waals surface area contributed by atoms with Crippen molar-refractivity contribution in [3.63, 3.8) is 0 Å². The van der Waals surface area contributed by atoms with Crippen LogP contribution in [0.1, 0.15) is 18.9 Å². The fourth-order valence-electron chi connectivity index (χ4n) is 5.10. The van der Waals surface area contributed by atoms with E-state index in [0.29, 0.717) is 0 Å². The molecule has 10 N–H and O–H groups in total. The van der Waals surface area contributed by atoms with Gasteiger partial charge < -0.3 is 50.8 Å². The van der Waals surface area contributed by atoms with E-state index in [9.17, 15) is 34.7 Å². The second-order valence-corrected chi connectivity index (χ2v) is 11.7. The average Bonchev–Trinajstić information content (AvgIpc) is 3.69. The number of ether oxygens (including phenoxy) is 2. The molecule has 2 aliphatic heterocycles. The molecule has 2 aliphatic rings. The standard InChI is InChI=1S/C20H26N11O10P/c21-14-8-15(24-4-23-14)30(5-25-8)18-12(35)10(33)7(41-18)3-39-42(37,38)13-11(34)6(1-2-32)40-19(13)31-16-9(28-29-31)17(36)27-20(22)26-16/h4-7,10-13,18-19,32-35H,1-3H2,(H,37,38)(H2,21,23,24)(H3,22,26,27,36)/t6-,7-,10-,11-,12-,13-,18-,19-/m1/s1. The van der Waals surface area contributed by atoms with E-state index in [1.807, 2.05) is 0 Å². The summed E-state index contributed by atoms with van der Waals surface area (Å²) in [6.07, 6.45) is -7.64. The van der Waals surface area contributed by atoms with Gasteiger partial charge in [0.05, 0.1) is 25.1 Å². The predicted octanol–water partition coefficient (Wildman–Crippen LogP) is -3.65. The number of aromatic amines is 1. The number of nitrogen functional groups attached to an aromatic ring is 2. The Balaban J connectivity index is 1.25. The summed E-state index contributed by atoms with van der Waals surface area (Å²) in [7, 11) is -4.90. The molecule has 22 heteroatoms. The fraction of sp³-hybridized carbons (Fsp3) is 0.550. The van der Waals surface area contributed by atoms with E-state index in [1.165, 1.54) is 17.2 Å². The van der Waals surface area contributed by atoms with Crippen molar-refractivity contribution in [2.75, 3.05) is 24.7 Å². The van der Waals surface area contributed by atoms with Gasteiger partial charge in [-0.3, -0.25) is 18.9 Å². The van der Waals surface area contributed by atoms with Crippen LogP contribution in [0.5, 0.6) is 0 Å². The lowest BCUT2D eigenvalue weighted by atomic mass is 10.1. The first-order valence-electron chi connectivity index (χ1n) is 12.5. The lowest BCUT2D eigenvalue weighted by molar-refractivity contribution is -0.0495. The number of hydrogen-bond donors (Lipinski definition) is 8. The first-order chi connectivity index (χ1) is 20.0. The number of nitrogens with two attached hydrogens (primary N) is 2. The van der Waals surface area contributed by atoms with E-state index in [2.05, 4.69) is 35.2 Å². The molecule has 0 bridgehead atoms. The normalized spacial score (nSPS) is 31.3. The SMILES string of the molecule is Nc1nc2c(nnn2[C@@H]2O[C@H](CCO)[C@@H](O)[C@H]2P(=O)(O)OC[C@H]2O[C@@H](n3cnc4c(N)ncnc43)[C@H](O)[C@@H]2O)c(=O)[nH]1. The Bertz CT molecular complexity index is 1730. The van der Waals surface area contributed by atoms with E-state index < -0.39 is 75.0 Å². The van der Waals surface area contributed by atoms with Crippen LogP contribution in [0.3, 0.4) is 0 Å². The van der Waals surface area contributed by atoms with Crippen LogP contribution in [0, 0.1) is 0 Å². The Morgan fingerprint density at radius 3 is 2.55 bits per heavy atom. The highest BCUT2D eigenvalue weighted by atomic mass is 31.2. The molecule has 6 heterocycles. The fourth-order valence-corrected chi connectivity index (χ4v) is 6.73. The number of nitrogens with zero attached hydrogens (tertiary/aromatic N) is 8. The van der Waals surface area contributed by atoms with Crippen molar-refractivity contribution < 1.29 is 43.9 Å². The molecule has 9 atom stereocenters. The number of nitrogens with one attached hydrogen (secondary N) is 1. The number of rotatable bonds is 8. The van der Waals surface area contributed by atoms with Gasteiger partial charge in [-0.05, 0) is 6.42 Å². The zero-order valence-electron chi connectivity index (χ0n) is 21.4. The maximum Gasteiger partial charge on any atom is 0.338 e. The number of aliphatic hydroxyl groups excluding tert-OH is 4. The van der Waals surface area contributed by atoms with Gasteiger partial charge in [-0.15, -0.1) is 5.10 Å². The van der Waals surface area contributed by atoms with Crippen LogP contribution >= 0.6 is 7.60 Å². The number of imidazole rings is 1. The molecule has 2 saturated heterocycles. The number of anilines is 2. The summed E-state index contributed by atoms with van der Waals surface area (Å²) in [4.78, 5) is 41.5. The quantitative estimate of drug-likeness (QED) is 0.0890. The molecule has 0 saturated carbocycles. The van der Waals surface area contributed by atoms with Gasteiger partial charge in [0.15, 0.2) is 35.1 Å². The Labute approximate surface area is 233 Å². The molecule has 4 aromatic heterocycles. The second kappa shape index (κ2) is 10.6. The van der Waals surface area contributed by atoms with Crippen LogP contribution in [0.15, 0.2) is 17.4 Å². The van der Waals surface area contributed by atoms with Crippen LogP contribution in [0.25, 0.3) is 22.3 Å². The molecule has 0 aromatic carbocycles. The Kier molecular flexibility index (Phi) is 7.15. The number of hydrogen-bond acceptors (Lipinski definition) is 17. The molecule has 0 aliphatic carbocycles. The minimum Gasteiger partial charge on any atom is -0.396 e. The van der Waals surface area contributed by atoms with Crippen molar-refractivity contribution in [1.29, 1.82) is 0 Å². The molecule has 1 unspecified atom stereocenters. The summed E-state index contributed by atoms with van der Waals surface area (Å²) >= 11 is 0. The smallest absolute Gasteiger partial charge is 0.338 e. The summed E-state index contributed by atoms with van der Waals surface area (Å²) < 4.78 is 32.7. The molecule has 0 radical (unpaired) electrons. The maximum absolute atomic E-state index is 13.6. The molecule has 0 spiro atoms. The molecular weight excluding hydrogens is 585 g/mol. The summed E-state index contributed by atoms with van der Waals surface area (Å²) in [6, 6.07) is 0. The van der Waals surface area contributed by atoms with Crippen LogP contribution in [-0.4, -0.2) is 119 Å². The van der Waals surface area contributed by atoms with Crippen molar-refractivity contribution in [2.45, 2.75) is 55.1 Å². The van der Waals surface area contributed by atoms with Gasteiger partial charge in [-0.1, -0.05) is 5.21 Å². The van der Waals surface area contributed by atoms with Gasteiger partial charge in [0.2, 0.25) is 5.95 Å². The summed E-state index contributed by atoms with van der Waals surface area (Å²) in [6.45, 7) is -1.14. The largest absolute Gasteiger partial charge is 0.396 e. The van der Waals surface area contributed by atoms with Gasteiger partial charge >= 0.3 is 7.60 Å². The van der Waals surface area contributed by atoms with Gasteiger partial charge in [-0.2, -0.15) is 9.67 Å². The van der Waals surface area contributed by atoms with Crippen molar-refractivity contribution in [3.8, 4) is 0 Å². The predicted molar refractivity (Wildman–Crippen MR) is 137 cm³/mol. The first-order valence-corrected chi connectivity index (χ1v) is 14.1. The molecule has 0 amide bonds.